The smallest absolute Gasteiger partial charge is 0.412 e. The van der Waals surface area contributed by atoms with Crippen molar-refractivity contribution in [1.29, 1.82) is 0 Å². The largest absolute Gasteiger partial charge is 0.466 e. The van der Waals surface area contributed by atoms with Gasteiger partial charge in [0.1, 0.15) is 6.67 Å². The number of unbranched alkanes of at least 4 members (excludes halogenated alkanes) is 1. The van der Waals surface area contributed by atoms with Crippen LogP contribution in [0.4, 0.5) is 54.0 Å². The number of nitrogens with one attached hydrogen (secondary N) is 1. The van der Waals surface area contributed by atoms with E-state index in [0.29, 0.717) is 24.3 Å². The molecule has 40 heavy (non-hydrogen) atoms. The zero-order valence-electron chi connectivity index (χ0n) is 19.5. The first-order chi connectivity index (χ1) is 17.9. The van der Waals surface area contributed by atoms with Crippen molar-refractivity contribution in [2.75, 3.05) is 18.6 Å². The Morgan fingerprint density at radius 2 is 1.45 bits per heavy atom. The zero-order chi connectivity index (χ0) is 31.4. The molecule has 0 aliphatic heterocycles. The van der Waals surface area contributed by atoms with E-state index in [2.05, 4.69) is 16.1 Å². The van der Waals surface area contributed by atoms with Crippen LogP contribution in [0.1, 0.15) is 24.8 Å². The summed E-state index contributed by atoms with van der Waals surface area (Å²) in [5.41, 5.74) is -3.25. The summed E-state index contributed by atoms with van der Waals surface area (Å²) in [6.45, 7) is -0.483. The van der Waals surface area contributed by atoms with E-state index in [1.165, 1.54) is 5.32 Å². The Labute approximate surface area is 217 Å². The van der Waals surface area contributed by atoms with Gasteiger partial charge in [-0.1, -0.05) is 6.58 Å². The van der Waals surface area contributed by atoms with E-state index in [9.17, 15) is 66.3 Å². The molecule has 2 N–H and O–H groups in total. The number of carbonyl (C=O) groups excluding carboxylic acids is 2. The number of carbonyl (C=O) groups is 2. The first-order valence-corrected chi connectivity index (χ1v) is 11.8. The zero-order valence-corrected chi connectivity index (χ0v) is 20.3. The van der Waals surface area contributed by atoms with E-state index in [4.69, 9.17) is 4.55 Å². The first-order valence-electron chi connectivity index (χ1n) is 10.3. The minimum atomic E-state index is -6.60. The maximum absolute atomic E-state index is 14.0. The van der Waals surface area contributed by atoms with Gasteiger partial charge in [-0.3, -0.25) is 9.35 Å². The van der Waals surface area contributed by atoms with Gasteiger partial charge in [0.05, 0.1) is 17.7 Å². The van der Waals surface area contributed by atoms with E-state index in [0.717, 1.165) is 0 Å². The number of alkyl halides is 11. The molecule has 1 amide bonds. The molecule has 0 aliphatic carbocycles. The highest BCUT2D eigenvalue weighted by atomic mass is 32.2. The molecule has 8 nitrogen and oxygen atoms in total. The third-order valence-electron chi connectivity index (χ3n) is 4.77. The fourth-order valence-corrected chi connectivity index (χ4v) is 3.10. The molecule has 0 fully saturated rings. The Hall–Kier alpha value is -3.00. The third-order valence-corrected chi connectivity index (χ3v) is 5.72. The number of anilines is 1. The molecular weight excluding hydrogens is 607 g/mol. The molecule has 228 valence electrons. The SMILES string of the molecule is C=C(CF)C(=O)OC(OCCCCC(F)(F)C(F)(F)S(=O)(=O)O)(C(=O)Nc1ccc(C(F)(F)F)cc1)C(F)(F)F. The Morgan fingerprint density at radius 3 is 1.88 bits per heavy atom. The van der Waals surface area contributed by atoms with E-state index >= 15 is 0 Å². The lowest BCUT2D eigenvalue weighted by Crippen LogP contribution is -2.60. The van der Waals surface area contributed by atoms with Gasteiger partial charge in [0, 0.05) is 12.1 Å². The van der Waals surface area contributed by atoms with Crippen LogP contribution < -0.4 is 5.32 Å². The van der Waals surface area contributed by atoms with Crippen LogP contribution in [0.2, 0.25) is 0 Å². The van der Waals surface area contributed by atoms with Gasteiger partial charge in [0.2, 0.25) is 0 Å². The van der Waals surface area contributed by atoms with Crippen molar-refractivity contribution >= 4 is 27.7 Å². The highest BCUT2D eigenvalue weighted by Crippen LogP contribution is 2.42. The van der Waals surface area contributed by atoms with Crippen molar-refractivity contribution in [3.63, 3.8) is 0 Å². The molecule has 1 unspecified atom stereocenters. The molecular formula is C20H18F11NO7S. The average molecular weight is 625 g/mol. The maximum atomic E-state index is 14.0. The van der Waals surface area contributed by atoms with Crippen LogP contribution in [-0.4, -0.2) is 61.3 Å². The van der Waals surface area contributed by atoms with E-state index in [1.807, 2.05) is 0 Å². The molecule has 1 rings (SSSR count). The fourth-order valence-electron chi connectivity index (χ4n) is 2.62. The molecule has 0 aliphatic rings. The third kappa shape index (κ3) is 8.03. The number of hydrogen-bond donors (Lipinski definition) is 2. The Kier molecular flexibility index (Phi) is 10.7. The van der Waals surface area contributed by atoms with Crippen LogP contribution in [0, 0.1) is 0 Å². The van der Waals surface area contributed by atoms with Crippen LogP contribution >= 0.6 is 0 Å². The van der Waals surface area contributed by atoms with Gasteiger partial charge in [0.15, 0.2) is 0 Å². The highest BCUT2D eigenvalue weighted by molar-refractivity contribution is 7.87. The van der Waals surface area contributed by atoms with Crippen LogP contribution in [0.3, 0.4) is 0 Å². The fraction of sp³-hybridized carbons (Fsp3) is 0.500. The van der Waals surface area contributed by atoms with Gasteiger partial charge in [-0.15, -0.1) is 0 Å². The molecule has 1 aromatic carbocycles. The minimum Gasteiger partial charge on any atom is -0.412 e. The average Bonchev–Trinajstić information content (AvgIpc) is 2.80. The molecule has 20 heteroatoms. The van der Waals surface area contributed by atoms with Gasteiger partial charge in [-0.25, -0.2) is 9.18 Å². The van der Waals surface area contributed by atoms with Crippen molar-refractivity contribution in [3.05, 3.63) is 42.0 Å². The minimum absolute atomic E-state index is 0.352. The number of halogens is 11. The molecule has 1 aromatic rings. The number of benzene rings is 1. The summed E-state index contributed by atoms with van der Waals surface area (Å²) in [5.74, 6) is -14.7. The van der Waals surface area contributed by atoms with Crippen molar-refractivity contribution in [2.24, 2.45) is 0 Å². The summed E-state index contributed by atoms with van der Waals surface area (Å²) >= 11 is 0. The molecule has 1 atom stereocenters. The molecule has 0 spiro atoms. The van der Waals surface area contributed by atoms with E-state index < -0.39 is 101 Å². The topological polar surface area (TPSA) is 119 Å². The second kappa shape index (κ2) is 12.2. The normalized spacial score (nSPS) is 14.8. The summed E-state index contributed by atoms with van der Waals surface area (Å²) in [4.78, 5) is 24.4. The van der Waals surface area contributed by atoms with Crippen molar-refractivity contribution in [3.8, 4) is 0 Å². The van der Waals surface area contributed by atoms with Crippen molar-refractivity contribution in [2.45, 2.75) is 48.6 Å². The van der Waals surface area contributed by atoms with Gasteiger partial charge in [0.25, 0.3) is 0 Å². The van der Waals surface area contributed by atoms with Crippen LogP contribution in [0.15, 0.2) is 36.4 Å². The van der Waals surface area contributed by atoms with Gasteiger partial charge in [-0.05, 0) is 37.1 Å². The summed E-state index contributed by atoms with van der Waals surface area (Å²) in [6.07, 6.45) is -15.2. The Balaban J connectivity index is 3.23. The highest BCUT2D eigenvalue weighted by Gasteiger charge is 2.67. The van der Waals surface area contributed by atoms with Crippen molar-refractivity contribution in [1.82, 2.24) is 0 Å². The number of ether oxygens (including phenoxy) is 2. The molecule has 0 saturated heterocycles. The summed E-state index contributed by atoms with van der Waals surface area (Å²) in [6, 6.07) is 1.71. The summed E-state index contributed by atoms with van der Waals surface area (Å²) < 4.78 is 184. The Bertz CT molecular complexity index is 1180. The summed E-state index contributed by atoms with van der Waals surface area (Å²) in [5, 5.41) is -4.51. The second-order valence-electron chi connectivity index (χ2n) is 7.77. The van der Waals surface area contributed by atoms with Crippen LogP contribution in [0.25, 0.3) is 0 Å². The van der Waals surface area contributed by atoms with Crippen molar-refractivity contribution < 1.29 is 80.3 Å². The molecule has 0 radical (unpaired) electrons. The standard InChI is InChI=1S/C20H18F11NO7S/c1-11(10-21)14(33)39-17(19(27,28)29,15(34)32-13-6-4-12(5-7-13)18(24,25)26)38-9-3-2-8-16(22,23)20(30,31)40(35,36)37/h4-7H,1-3,8-10H2,(H,32,34)(H,35,36,37). The second-order valence-corrected chi connectivity index (χ2v) is 9.24. The maximum Gasteiger partial charge on any atom is 0.466 e. The van der Waals surface area contributed by atoms with Crippen LogP contribution in [-0.2, 0) is 35.4 Å². The molecule has 0 heterocycles. The van der Waals surface area contributed by atoms with E-state index in [1.54, 1.807) is 0 Å². The lowest BCUT2D eigenvalue weighted by Gasteiger charge is -2.33. The van der Waals surface area contributed by atoms with Gasteiger partial charge < -0.3 is 14.8 Å². The number of hydrogen-bond acceptors (Lipinski definition) is 6. The molecule has 0 aromatic heterocycles. The Morgan fingerprint density at radius 1 is 0.925 bits per heavy atom. The lowest BCUT2D eigenvalue weighted by atomic mass is 10.1. The van der Waals surface area contributed by atoms with Gasteiger partial charge >= 0.3 is 51.3 Å². The first kappa shape index (κ1) is 35.0. The quantitative estimate of drug-likeness (QED) is 0.0766. The van der Waals surface area contributed by atoms with Crippen LogP contribution in [0.5, 0.6) is 0 Å². The predicted octanol–water partition coefficient (Wildman–Crippen LogP) is 5.27. The predicted molar refractivity (Wildman–Crippen MR) is 111 cm³/mol. The van der Waals surface area contributed by atoms with E-state index in [-0.39, 0.29) is 0 Å². The monoisotopic (exact) mass is 625 g/mol. The lowest BCUT2D eigenvalue weighted by molar-refractivity contribution is -0.345. The number of rotatable bonds is 13. The molecule has 0 bridgehead atoms. The summed E-state index contributed by atoms with van der Waals surface area (Å²) in [7, 11) is -6.60. The number of amides is 1. The van der Waals surface area contributed by atoms with Gasteiger partial charge in [-0.2, -0.15) is 52.3 Å². The molecule has 0 saturated carbocycles. The number of esters is 1.